The normalized spacial score (nSPS) is 15.6. The summed E-state index contributed by atoms with van der Waals surface area (Å²) >= 11 is 12.1. The second-order valence-electron chi connectivity index (χ2n) is 8.83. The standard InChI is InChI=1S/C26H30Cl2N4O4/c1-5-13-32-16(4)21(24(33)36-14-15(2)3)23(31-26(32)35)17-9-11-18(12-10-17)29-25(34)30-20-8-6-7-19(27)22(20)28/h6-12,15,23H,5,13-14H2,1-4H3,(H,31,35)(H2,29,30,34)/t23-/m0/s1. The molecule has 1 atom stereocenters. The van der Waals surface area contributed by atoms with Gasteiger partial charge in [-0.25, -0.2) is 14.4 Å². The van der Waals surface area contributed by atoms with Gasteiger partial charge in [-0.3, -0.25) is 4.90 Å². The lowest BCUT2D eigenvalue weighted by Gasteiger charge is -2.35. The summed E-state index contributed by atoms with van der Waals surface area (Å²) < 4.78 is 5.52. The van der Waals surface area contributed by atoms with E-state index in [2.05, 4.69) is 16.0 Å². The van der Waals surface area contributed by atoms with Gasteiger partial charge in [0.2, 0.25) is 0 Å². The van der Waals surface area contributed by atoms with Crippen molar-refractivity contribution >= 4 is 52.6 Å². The number of hydrogen-bond acceptors (Lipinski definition) is 4. The van der Waals surface area contributed by atoms with Crippen LogP contribution in [0, 0.1) is 5.92 Å². The lowest BCUT2D eigenvalue weighted by Crippen LogP contribution is -2.48. The molecule has 0 aromatic heterocycles. The predicted octanol–water partition coefficient (Wildman–Crippen LogP) is 6.59. The number of nitrogens with one attached hydrogen (secondary N) is 3. The number of carbonyl (C=O) groups is 3. The van der Waals surface area contributed by atoms with Gasteiger partial charge in [0.05, 0.1) is 34.0 Å². The maximum atomic E-state index is 13.0. The first kappa shape index (κ1) is 27.4. The molecule has 1 aliphatic rings. The molecule has 0 fully saturated rings. The fourth-order valence-corrected chi connectivity index (χ4v) is 4.10. The van der Waals surface area contributed by atoms with Gasteiger partial charge >= 0.3 is 18.0 Å². The number of hydrogen-bond donors (Lipinski definition) is 3. The van der Waals surface area contributed by atoms with Crippen LogP contribution in [-0.2, 0) is 9.53 Å². The monoisotopic (exact) mass is 532 g/mol. The summed E-state index contributed by atoms with van der Waals surface area (Å²) in [5.74, 6) is -0.288. The van der Waals surface area contributed by atoms with Crippen molar-refractivity contribution in [3.8, 4) is 0 Å². The van der Waals surface area contributed by atoms with E-state index in [1.165, 1.54) is 0 Å². The highest BCUT2D eigenvalue weighted by molar-refractivity contribution is 6.44. The number of allylic oxidation sites excluding steroid dienone is 1. The van der Waals surface area contributed by atoms with Crippen LogP contribution in [0.25, 0.3) is 0 Å². The molecule has 0 spiro atoms. The van der Waals surface area contributed by atoms with E-state index in [1.54, 1.807) is 54.3 Å². The van der Waals surface area contributed by atoms with Crippen LogP contribution in [0.15, 0.2) is 53.7 Å². The van der Waals surface area contributed by atoms with Crippen LogP contribution in [0.2, 0.25) is 10.0 Å². The molecular formula is C26H30Cl2N4O4. The summed E-state index contributed by atoms with van der Waals surface area (Å²) in [4.78, 5) is 39.8. The molecule has 8 nitrogen and oxygen atoms in total. The fraction of sp³-hybridized carbons (Fsp3) is 0.346. The minimum Gasteiger partial charge on any atom is -0.462 e. The third-order valence-corrected chi connectivity index (χ3v) is 6.33. The third kappa shape index (κ3) is 6.50. The van der Waals surface area contributed by atoms with Gasteiger partial charge in [0.25, 0.3) is 0 Å². The lowest BCUT2D eigenvalue weighted by molar-refractivity contribution is -0.140. The second kappa shape index (κ2) is 12.1. The number of urea groups is 2. The van der Waals surface area contributed by atoms with E-state index in [0.717, 1.165) is 6.42 Å². The van der Waals surface area contributed by atoms with Crippen molar-refractivity contribution in [3.63, 3.8) is 0 Å². The maximum absolute atomic E-state index is 13.0. The highest BCUT2D eigenvalue weighted by atomic mass is 35.5. The number of anilines is 2. The Morgan fingerprint density at radius 1 is 1.11 bits per heavy atom. The van der Waals surface area contributed by atoms with Crippen LogP contribution >= 0.6 is 23.2 Å². The van der Waals surface area contributed by atoms with Crippen LogP contribution in [0.1, 0.15) is 45.7 Å². The first-order chi connectivity index (χ1) is 17.1. The van der Waals surface area contributed by atoms with Crippen LogP contribution < -0.4 is 16.0 Å². The molecule has 0 saturated heterocycles. The first-order valence-electron chi connectivity index (χ1n) is 11.7. The van der Waals surface area contributed by atoms with Gasteiger partial charge in [0.1, 0.15) is 0 Å². The minimum atomic E-state index is -0.682. The number of nitrogens with zero attached hydrogens (tertiary/aromatic N) is 1. The number of benzene rings is 2. The largest absolute Gasteiger partial charge is 0.462 e. The van der Waals surface area contributed by atoms with Crippen LogP contribution in [0.4, 0.5) is 21.0 Å². The number of esters is 1. The van der Waals surface area contributed by atoms with Crippen molar-refractivity contribution < 1.29 is 19.1 Å². The quantitative estimate of drug-likeness (QED) is 0.334. The molecule has 3 rings (SSSR count). The van der Waals surface area contributed by atoms with Crippen molar-refractivity contribution in [1.29, 1.82) is 0 Å². The van der Waals surface area contributed by atoms with Gasteiger partial charge in [0, 0.05) is 17.9 Å². The van der Waals surface area contributed by atoms with Gasteiger partial charge in [0.15, 0.2) is 0 Å². The van der Waals surface area contributed by atoms with E-state index in [0.29, 0.717) is 39.8 Å². The average molecular weight is 533 g/mol. The molecular weight excluding hydrogens is 503 g/mol. The van der Waals surface area contributed by atoms with Crippen LogP contribution in [0.3, 0.4) is 0 Å². The number of ether oxygens (including phenoxy) is 1. The Hall–Kier alpha value is -3.23. The van der Waals surface area contributed by atoms with Gasteiger partial charge in [-0.2, -0.15) is 0 Å². The SMILES string of the molecule is CCCN1C(=O)N[C@@H](c2ccc(NC(=O)Nc3cccc(Cl)c3Cl)cc2)C(C(=O)OCC(C)C)=C1C. The Morgan fingerprint density at radius 3 is 2.44 bits per heavy atom. The van der Waals surface area contributed by atoms with Crippen molar-refractivity contribution in [1.82, 2.24) is 10.2 Å². The third-order valence-electron chi connectivity index (χ3n) is 5.51. The molecule has 192 valence electrons. The van der Waals surface area contributed by atoms with E-state index in [-0.39, 0.29) is 23.6 Å². The predicted molar refractivity (Wildman–Crippen MR) is 142 cm³/mol. The van der Waals surface area contributed by atoms with E-state index >= 15 is 0 Å². The van der Waals surface area contributed by atoms with Gasteiger partial charge in [-0.1, -0.05) is 62.2 Å². The minimum absolute atomic E-state index is 0.177. The first-order valence-corrected chi connectivity index (χ1v) is 12.5. The summed E-state index contributed by atoms with van der Waals surface area (Å²) in [5.41, 5.74) is 2.52. The molecule has 0 radical (unpaired) electrons. The highest BCUT2D eigenvalue weighted by Crippen LogP contribution is 2.33. The fourth-order valence-electron chi connectivity index (χ4n) is 3.75. The zero-order valence-electron chi connectivity index (χ0n) is 20.7. The molecule has 0 saturated carbocycles. The molecule has 1 aliphatic heterocycles. The summed E-state index contributed by atoms with van der Waals surface area (Å²) in [6.07, 6.45) is 0.743. The summed E-state index contributed by atoms with van der Waals surface area (Å²) in [6, 6.07) is 10.3. The van der Waals surface area contributed by atoms with E-state index in [9.17, 15) is 14.4 Å². The van der Waals surface area contributed by atoms with Gasteiger partial charge in [-0.05, 0) is 49.1 Å². The van der Waals surface area contributed by atoms with Crippen LogP contribution in [0.5, 0.6) is 0 Å². The molecule has 0 aliphatic carbocycles. The number of halogens is 2. The Balaban J connectivity index is 1.80. The molecule has 36 heavy (non-hydrogen) atoms. The molecule has 2 aromatic carbocycles. The van der Waals surface area contributed by atoms with Crippen molar-refractivity contribution in [2.75, 3.05) is 23.8 Å². The average Bonchev–Trinajstić information content (AvgIpc) is 2.83. The molecule has 3 N–H and O–H groups in total. The zero-order chi connectivity index (χ0) is 26.4. The molecule has 0 bridgehead atoms. The number of carbonyl (C=O) groups excluding carboxylic acids is 3. The summed E-state index contributed by atoms with van der Waals surface area (Å²) in [7, 11) is 0. The van der Waals surface area contributed by atoms with E-state index < -0.39 is 18.0 Å². The Morgan fingerprint density at radius 2 is 1.81 bits per heavy atom. The van der Waals surface area contributed by atoms with Crippen molar-refractivity contribution in [3.05, 3.63) is 69.3 Å². The molecule has 10 heteroatoms. The summed E-state index contributed by atoms with van der Waals surface area (Å²) in [5, 5.41) is 8.87. The number of amides is 4. The van der Waals surface area contributed by atoms with Gasteiger partial charge in [-0.15, -0.1) is 0 Å². The lowest BCUT2D eigenvalue weighted by atomic mass is 9.94. The van der Waals surface area contributed by atoms with Crippen molar-refractivity contribution in [2.24, 2.45) is 5.92 Å². The zero-order valence-corrected chi connectivity index (χ0v) is 22.2. The Bertz CT molecular complexity index is 1170. The topological polar surface area (TPSA) is 99.8 Å². The van der Waals surface area contributed by atoms with Crippen LogP contribution in [-0.4, -0.2) is 36.1 Å². The molecule has 4 amide bonds. The van der Waals surface area contributed by atoms with Gasteiger partial charge < -0.3 is 20.7 Å². The summed E-state index contributed by atoms with van der Waals surface area (Å²) in [6.45, 7) is 8.40. The molecule has 0 unspecified atom stereocenters. The highest BCUT2D eigenvalue weighted by Gasteiger charge is 2.36. The smallest absolute Gasteiger partial charge is 0.338 e. The Kier molecular flexibility index (Phi) is 9.23. The van der Waals surface area contributed by atoms with Crippen molar-refractivity contribution in [2.45, 2.75) is 40.2 Å². The second-order valence-corrected chi connectivity index (χ2v) is 9.61. The van der Waals surface area contributed by atoms with E-state index in [1.807, 2.05) is 20.8 Å². The molecule has 2 aromatic rings. The molecule has 1 heterocycles. The maximum Gasteiger partial charge on any atom is 0.338 e. The Labute approximate surface area is 221 Å². The number of rotatable bonds is 8. The van der Waals surface area contributed by atoms with E-state index in [4.69, 9.17) is 27.9 Å².